The average molecular weight is 497 g/mol. The molecule has 6 heteroatoms. The fraction of sp³-hybridized carbons (Fsp3) is 0.517. The lowest BCUT2D eigenvalue weighted by atomic mass is 9.89. The number of rotatable bonds is 12. The van der Waals surface area contributed by atoms with Gasteiger partial charge in [-0.15, -0.1) is 0 Å². The summed E-state index contributed by atoms with van der Waals surface area (Å²) in [6.07, 6.45) is 10.2. The van der Waals surface area contributed by atoms with Crippen molar-refractivity contribution in [2.75, 3.05) is 32.2 Å². The second kappa shape index (κ2) is 14.3. The van der Waals surface area contributed by atoms with Crippen LogP contribution < -0.4 is 10.6 Å². The van der Waals surface area contributed by atoms with Crippen molar-refractivity contribution in [3.05, 3.63) is 59.2 Å². The van der Waals surface area contributed by atoms with E-state index in [0.717, 1.165) is 47.9 Å². The van der Waals surface area contributed by atoms with E-state index in [9.17, 15) is 9.59 Å². The van der Waals surface area contributed by atoms with Crippen LogP contribution >= 0.6 is 11.8 Å². The summed E-state index contributed by atoms with van der Waals surface area (Å²) in [6.45, 7) is 4.08. The SMILES string of the molecule is COC(=O)[C@H](CCSC)NC(=O)c1ccc(CCNCC2CCCCC2)cc1-c1ccccc1C. The minimum atomic E-state index is -0.659. The van der Waals surface area contributed by atoms with Gasteiger partial charge in [0.25, 0.3) is 5.91 Å². The highest BCUT2D eigenvalue weighted by Crippen LogP contribution is 2.29. The molecule has 1 aliphatic rings. The molecule has 0 aromatic heterocycles. The van der Waals surface area contributed by atoms with Crippen LogP contribution in [0, 0.1) is 12.8 Å². The molecule has 0 unspecified atom stereocenters. The Kier molecular flexibility index (Phi) is 11.1. The molecule has 5 nitrogen and oxygen atoms in total. The number of ether oxygens (including phenoxy) is 1. The quantitative estimate of drug-likeness (QED) is 0.304. The molecule has 0 bridgehead atoms. The fourth-order valence-corrected chi connectivity index (χ4v) is 5.31. The Labute approximate surface area is 214 Å². The highest BCUT2D eigenvalue weighted by atomic mass is 32.2. The summed E-state index contributed by atoms with van der Waals surface area (Å²) in [5.41, 5.74) is 4.83. The maximum Gasteiger partial charge on any atom is 0.328 e. The van der Waals surface area contributed by atoms with Crippen molar-refractivity contribution in [1.29, 1.82) is 0 Å². The van der Waals surface area contributed by atoms with Gasteiger partial charge in [0.1, 0.15) is 6.04 Å². The van der Waals surface area contributed by atoms with Crippen LogP contribution in [-0.4, -0.2) is 50.1 Å². The molecule has 1 amide bonds. The number of aryl methyl sites for hydroxylation is 1. The lowest BCUT2D eigenvalue weighted by Crippen LogP contribution is -2.42. The Hall–Kier alpha value is -2.31. The summed E-state index contributed by atoms with van der Waals surface area (Å²) >= 11 is 1.64. The van der Waals surface area contributed by atoms with Gasteiger partial charge in [-0.25, -0.2) is 4.79 Å². The third-order valence-corrected chi connectivity index (χ3v) is 7.56. The standard InChI is InChI=1S/C29H40N2O3S/c1-21-9-7-8-12-24(21)26-19-22(15-17-30-20-23-10-5-4-6-11-23)13-14-25(26)28(32)31-27(16-18-35-3)29(33)34-2/h7-9,12-14,19,23,27,30H,4-6,10-11,15-18,20H2,1-3H3,(H,31,32)/t27-/m0/s1. The largest absolute Gasteiger partial charge is 0.467 e. The first kappa shape index (κ1) is 27.3. The smallest absolute Gasteiger partial charge is 0.328 e. The number of carbonyl (C=O) groups excluding carboxylic acids is 2. The summed E-state index contributed by atoms with van der Waals surface area (Å²) in [7, 11) is 1.36. The minimum absolute atomic E-state index is 0.248. The van der Waals surface area contributed by atoms with Gasteiger partial charge in [-0.05, 0) is 91.9 Å². The van der Waals surface area contributed by atoms with Gasteiger partial charge in [0.05, 0.1) is 7.11 Å². The third-order valence-electron chi connectivity index (χ3n) is 6.91. The van der Waals surface area contributed by atoms with Crippen LogP contribution in [-0.2, 0) is 16.0 Å². The number of hydrogen-bond acceptors (Lipinski definition) is 5. The van der Waals surface area contributed by atoms with Crippen molar-refractivity contribution in [1.82, 2.24) is 10.6 Å². The Morgan fingerprint density at radius 2 is 1.86 bits per heavy atom. The Morgan fingerprint density at radius 3 is 2.57 bits per heavy atom. The summed E-state index contributed by atoms with van der Waals surface area (Å²) in [5.74, 6) is 0.913. The zero-order valence-electron chi connectivity index (χ0n) is 21.4. The van der Waals surface area contributed by atoms with Crippen molar-refractivity contribution in [2.24, 2.45) is 5.92 Å². The van der Waals surface area contributed by atoms with Crippen molar-refractivity contribution in [2.45, 2.75) is 57.9 Å². The van der Waals surface area contributed by atoms with Gasteiger partial charge in [0, 0.05) is 5.56 Å². The van der Waals surface area contributed by atoms with Crippen molar-refractivity contribution in [3.8, 4) is 11.1 Å². The van der Waals surface area contributed by atoms with Gasteiger partial charge in [-0.3, -0.25) is 4.79 Å². The number of benzene rings is 2. The maximum absolute atomic E-state index is 13.4. The number of nitrogens with one attached hydrogen (secondary N) is 2. The molecule has 2 aromatic rings. The van der Waals surface area contributed by atoms with E-state index in [-0.39, 0.29) is 5.91 Å². The predicted molar refractivity (Wildman–Crippen MR) is 146 cm³/mol. The van der Waals surface area contributed by atoms with Crippen molar-refractivity contribution >= 4 is 23.6 Å². The number of thioether (sulfide) groups is 1. The summed E-state index contributed by atoms with van der Waals surface area (Å²) < 4.78 is 4.93. The first-order valence-electron chi connectivity index (χ1n) is 12.8. The van der Waals surface area contributed by atoms with Crippen LogP contribution in [0.5, 0.6) is 0 Å². The normalized spacial score (nSPS) is 14.9. The number of methoxy groups -OCH3 is 1. The molecule has 2 aromatic carbocycles. The summed E-state index contributed by atoms with van der Waals surface area (Å²) in [5, 5.41) is 6.56. The van der Waals surface area contributed by atoms with E-state index in [0.29, 0.717) is 12.0 Å². The molecule has 1 fully saturated rings. The van der Waals surface area contributed by atoms with E-state index in [1.807, 2.05) is 30.5 Å². The van der Waals surface area contributed by atoms with Crippen LogP contribution in [0.15, 0.2) is 42.5 Å². The van der Waals surface area contributed by atoms with Crippen LogP contribution in [0.4, 0.5) is 0 Å². The van der Waals surface area contributed by atoms with Crippen molar-refractivity contribution < 1.29 is 14.3 Å². The number of hydrogen-bond donors (Lipinski definition) is 2. The van der Waals surface area contributed by atoms with E-state index in [1.165, 1.54) is 44.8 Å². The Balaban J connectivity index is 1.76. The summed E-state index contributed by atoms with van der Waals surface area (Å²) in [6, 6.07) is 13.5. The first-order valence-corrected chi connectivity index (χ1v) is 14.2. The molecular weight excluding hydrogens is 456 g/mol. The maximum atomic E-state index is 13.4. The van der Waals surface area contributed by atoms with E-state index in [4.69, 9.17) is 4.74 Å². The molecule has 0 heterocycles. The first-order chi connectivity index (χ1) is 17.0. The zero-order chi connectivity index (χ0) is 25.0. The monoisotopic (exact) mass is 496 g/mol. The lowest BCUT2D eigenvalue weighted by Gasteiger charge is -2.22. The molecule has 2 N–H and O–H groups in total. The second-order valence-electron chi connectivity index (χ2n) is 9.48. The van der Waals surface area contributed by atoms with Crippen LogP contribution in [0.2, 0.25) is 0 Å². The van der Waals surface area contributed by atoms with E-state index >= 15 is 0 Å². The number of amides is 1. The molecule has 3 rings (SSSR count). The molecule has 1 atom stereocenters. The van der Waals surface area contributed by atoms with E-state index in [2.05, 4.69) is 35.8 Å². The molecule has 0 spiro atoms. The average Bonchev–Trinajstić information content (AvgIpc) is 2.89. The summed E-state index contributed by atoms with van der Waals surface area (Å²) in [4.78, 5) is 25.6. The molecule has 1 saturated carbocycles. The number of esters is 1. The van der Waals surface area contributed by atoms with Gasteiger partial charge < -0.3 is 15.4 Å². The van der Waals surface area contributed by atoms with Gasteiger partial charge in [-0.2, -0.15) is 11.8 Å². The lowest BCUT2D eigenvalue weighted by molar-refractivity contribution is -0.142. The highest BCUT2D eigenvalue weighted by Gasteiger charge is 2.24. The van der Waals surface area contributed by atoms with Gasteiger partial charge in [0.15, 0.2) is 0 Å². The topological polar surface area (TPSA) is 67.4 Å². The second-order valence-corrected chi connectivity index (χ2v) is 10.5. The predicted octanol–water partition coefficient (Wildman–Crippen LogP) is 5.40. The van der Waals surface area contributed by atoms with Crippen LogP contribution in [0.25, 0.3) is 11.1 Å². The molecule has 35 heavy (non-hydrogen) atoms. The molecular formula is C29H40N2O3S. The molecule has 190 valence electrons. The number of carbonyl (C=O) groups is 2. The van der Waals surface area contributed by atoms with E-state index < -0.39 is 12.0 Å². The minimum Gasteiger partial charge on any atom is -0.467 e. The highest BCUT2D eigenvalue weighted by molar-refractivity contribution is 7.98. The van der Waals surface area contributed by atoms with Gasteiger partial charge in [0.2, 0.25) is 0 Å². The van der Waals surface area contributed by atoms with Crippen molar-refractivity contribution in [3.63, 3.8) is 0 Å². The molecule has 1 aliphatic carbocycles. The molecule has 0 aliphatic heterocycles. The van der Waals surface area contributed by atoms with Crippen LogP contribution in [0.1, 0.15) is 60.0 Å². The molecule has 0 radical (unpaired) electrons. The van der Waals surface area contributed by atoms with Crippen LogP contribution in [0.3, 0.4) is 0 Å². The fourth-order valence-electron chi connectivity index (χ4n) is 4.84. The Bertz CT molecular complexity index is 972. The van der Waals surface area contributed by atoms with E-state index in [1.54, 1.807) is 11.8 Å². The molecule has 0 saturated heterocycles. The Morgan fingerprint density at radius 1 is 1.09 bits per heavy atom. The van der Waals surface area contributed by atoms with Gasteiger partial charge in [-0.1, -0.05) is 55.7 Å². The zero-order valence-corrected chi connectivity index (χ0v) is 22.2. The third kappa shape index (κ3) is 8.11. The van der Waals surface area contributed by atoms with Gasteiger partial charge >= 0.3 is 5.97 Å².